The molecule has 3 heteroatoms. The predicted octanol–water partition coefficient (Wildman–Crippen LogP) is 4.29. The van der Waals surface area contributed by atoms with Gasteiger partial charge in [-0.15, -0.1) is 0 Å². The molecule has 0 spiro atoms. The van der Waals surface area contributed by atoms with Gasteiger partial charge in [-0.05, 0) is 37.0 Å². The molecule has 0 radical (unpaired) electrons. The van der Waals surface area contributed by atoms with Crippen molar-refractivity contribution in [2.24, 2.45) is 5.92 Å². The molecule has 1 atom stereocenters. The smallest absolute Gasteiger partial charge is 0.335 e. The Bertz CT molecular complexity index is 412. The predicted molar refractivity (Wildman–Crippen MR) is 76.9 cm³/mol. The van der Waals surface area contributed by atoms with Crippen LogP contribution in [0.15, 0.2) is 18.2 Å². The van der Waals surface area contributed by atoms with E-state index in [-0.39, 0.29) is 5.56 Å². The first kappa shape index (κ1) is 15.5. The molecule has 3 nitrogen and oxygen atoms in total. The molecule has 0 fully saturated rings. The second-order valence-electron chi connectivity index (χ2n) is 5.01. The van der Waals surface area contributed by atoms with E-state index >= 15 is 0 Å². The molecule has 1 unspecified atom stereocenters. The molecule has 1 N–H and O–H groups in total. The van der Waals surface area contributed by atoms with E-state index in [2.05, 4.69) is 13.8 Å². The summed E-state index contributed by atoms with van der Waals surface area (Å²) in [5.41, 5.74) is 1.26. The molecule has 0 aromatic heterocycles. The second-order valence-corrected chi connectivity index (χ2v) is 5.01. The van der Waals surface area contributed by atoms with Crippen molar-refractivity contribution in [3.05, 3.63) is 29.3 Å². The average Bonchev–Trinajstić information content (AvgIpc) is 2.40. The Hall–Kier alpha value is -1.51. The molecule has 0 saturated carbocycles. The van der Waals surface area contributed by atoms with Crippen LogP contribution in [0, 0.1) is 12.8 Å². The fraction of sp³-hybridized carbons (Fsp3) is 0.562. The van der Waals surface area contributed by atoms with Crippen molar-refractivity contribution in [1.82, 2.24) is 0 Å². The van der Waals surface area contributed by atoms with Gasteiger partial charge in [0.05, 0.1) is 12.2 Å². The quantitative estimate of drug-likeness (QED) is 0.762. The number of carboxylic acids is 1. The number of aromatic carboxylic acids is 1. The lowest BCUT2D eigenvalue weighted by Gasteiger charge is -2.17. The number of unbranched alkanes of at least 4 members (excludes halogenated alkanes) is 1. The van der Waals surface area contributed by atoms with Crippen LogP contribution in [0.1, 0.15) is 55.5 Å². The zero-order chi connectivity index (χ0) is 14.3. The van der Waals surface area contributed by atoms with Crippen LogP contribution in [-0.4, -0.2) is 17.7 Å². The molecule has 1 rings (SSSR count). The zero-order valence-corrected chi connectivity index (χ0v) is 12.1. The highest BCUT2D eigenvalue weighted by molar-refractivity contribution is 5.88. The number of carboxylic acid groups (broad SMARTS) is 1. The van der Waals surface area contributed by atoms with E-state index in [4.69, 9.17) is 9.84 Å². The Labute approximate surface area is 115 Å². The van der Waals surface area contributed by atoms with E-state index in [1.54, 1.807) is 18.2 Å². The van der Waals surface area contributed by atoms with Gasteiger partial charge in [-0.25, -0.2) is 4.79 Å². The Kier molecular flexibility index (Phi) is 6.40. The molecule has 0 saturated heterocycles. The monoisotopic (exact) mass is 264 g/mol. The molecule has 0 aliphatic heterocycles. The molecule has 106 valence electrons. The van der Waals surface area contributed by atoms with E-state index in [1.165, 1.54) is 19.3 Å². The SMILES string of the molecule is CCCCC(CC)COc1cc(C(=O)O)ccc1C. The highest BCUT2D eigenvalue weighted by Gasteiger charge is 2.10. The van der Waals surface area contributed by atoms with Crippen molar-refractivity contribution in [3.63, 3.8) is 0 Å². The summed E-state index contributed by atoms with van der Waals surface area (Å²) in [6.45, 7) is 6.96. The maximum Gasteiger partial charge on any atom is 0.335 e. The first-order chi connectivity index (χ1) is 9.08. The average molecular weight is 264 g/mol. The normalized spacial score (nSPS) is 12.2. The number of benzene rings is 1. The molecular formula is C16H24O3. The minimum Gasteiger partial charge on any atom is -0.493 e. The molecule has 0 bridgehead atoms. The van der Waals surface area contributed by atoms with E-state index < -0.39 is 5.97 Å². The first-order valence-corrected chi connectivity index (χ1v) is 7.05. The number of hydrogen-bond acceptors (Lipinski definition) is 2. The van der Waals surface area contributed by atoms with Crippen LogP contribution in [0.5, 0.6) is 5.75 Å². The van der Waals surface area contributed by atoms with Gasteiger partial charge >= 0.3 is 5.97 Å². The topological polar surface area (TPSA) is 46.5 Å². The summed E-state index contributed by atoms with van der Waals surface area (Å²) in [5.74, 6) is 0.325. The Morgan fingerprint density at radius 2 is 2.11 bits per heavy atom. The molecule has 1 aromatic rings. The lowest BCUT2D eigenvalue weighted by atomic mass is 10.0. The van der Waals surface area contributed by atoms with Crippen molar-refractivity contribution in [1.29, 1.82) is 0 Å². The van der Waals surface area contributed by atoms with Crippen molar-refractivity contribution in [3.8, 4) is 5.75 Å². The molecule has 1 aromatic carbocycles. The van der Waals surface area contributed by atoms with E-state index in [1.807, 2.05) is 6.92 Å². The van der Waals surface area contributed by atoms with Gasteiger partial charge in [-0.1, -0.05) is 39.2 Å². The van der Waals surface area contributed by atoms with Crippen LogP contribution in [-0.2, 0) is 0 Å². The van der Waals surface area contributed by atoms with Crippen molar-refractivity contribution in [2.45, 2.75) is 46.5 Å². The summed E-state index contributed by atoms with van der Waals surface area (Å²) in [6, 6.07) is 5.02. The van der Waals surface area contributed by atoms with Crippen molar-refractivity contribution < 1.29 is 14.6 Å². The fourth-order valence-corrected chi connectivity index (χ4v) is 1.99. The number of carbonyl (C=O) groups is 1. The second kappa shape index (κ2) is 7.82. The highest BCUT2D eigenvalue weighted by atomic mass is 16.5. The van der Waals surface area contributed by atoms with Crippen LogP contribution in [0.2, 0.25) is 0 Å². The number of rotatable bonds is 8. The molecule has 0 aliphatic rings. The maximum absolute atomic E-state index is 10.9. The van der Waals surface area contributed by atoms with Gasteiger partial charge in [0, 0.05) is 0 Å². The van der Waals surface area contributed by atoms with Crippen LogP contribution in [0.4, 0.5) is 0 Å². The van der Waals surface area contributed by atoms with E-state index in [9.17, 15) is 4.79 Å². The third-order valence-electron chi connectivity index (χ3n) is 3.45. The molecule has 19 heavy (non-hydrogen) atoms. The summed E-state index contributed by atoms with van der Waals surface area (Å²) in [5, 5.41) is 8.98. The van der Waals surface area contributed by atoms with Crippen LogP contribution in [0.3, 0.4) is 0 Å². The van der Waals surface area contributed by atoms with Crippen LogP contribution < -0.4 is 4.74 Å². The maximum atomic E-state index is 10.9. The summed E-state index contributed by atoms with van der Waals surface area (Å²) in [7, 11) is 0. The Morgan fingerprint density at radius 1 is 1.37 bits per heavy atom. The summed E-state index contributed by atoms with van der Waals surface area (Å²) >= 11 is 0. The fourth-order valence-electron chi connectivity index (χ4n) is 1.99. The van der Waals surface area contributed by atoms with Crippen LogP contribution in [0.25, 0.3) is 0 Å². The van der Waals surface area contributed by atoms with Gasteiger partial charge in [0.2, 0.25) is 0 Å². The van der Waals surface area contributed by atoms with E-state index in [0.717, 1.165) is 12.0 Å². The molecule has 0 amide bonds. The third-order valence-corrected chi connectivity index (χ3v) is 3.45. The summed E-state index contributed by atoms with van der Waals surface area (Å²) in [4.78, 5) is 10.9. The molecule has 0 aliphatic carbocycles. The van der Waals surface area contributed by atoms with Crippen LogP contribution >= 0.6 is 0 Å². The lowest BCUT2D eigenvalue weighted by Crippen LogP contribution is -2.12. The van der Waals surface area contributed by atoms with Gasteiger partial charge in [0.1, 0.15) is 5.75 Å². The molecular weight excluding hydrogens is 240 g/mol. The largest absolute Gasteiger partial charge is 0.493 e. The standard InChI is InChI=1S/C16H24O3/c1-4-6-7-13(5-2)11-19-15-10-14(16(17)18)9-8-12(15)3/h8-10,13H,4-7,11H2,1-3H3,(H,17,18). The summed E-state index contributed by atoms with van der Waals surface area (Å²) in [6.07, 6.45) is 4.68. The summed E-state index contributed by atoms with van der Waals surface area (Å²) < 4.78 is 5.81. The minimum atomic E-state index is -0.914. The molecule has 0 heterocycles. The van der Waals surface area contributed by atoms with Gasteiger partial charge in [-0.2, -0.15) is 0 Å². The number of aryl methyl sites for hydroxylation is 1. The Balaban J connectivity index is 2.65. The van der Waals surface area contributed by atoms with Gasteiger partial charge in [-0.3, -0.25) is 0 Å². The highest BCUT2D eigenvalue weighted by Crippen LogP contribution is 2.22. The minimum absolute atomic E-state index is 0.280. The lowest BCUT2D eigenvalue weighted by molar-refractivity contribution is 0.0696. The number of ether oxygens (including phenoxy) is 1. The zero-order valence-electron chi connectivity index (χ0n) is 12.1. The first-order valence-electron chi connectivity index (χ1n) is 7.05. The van der Waals surface area contributed by atoms with Gasteiger partial charge < -0.3 is 9.84 Å². The van der Waals surface area contributed by atoms with Gasteiger partial charge in [0.15, 0.2) is 0 Å². The van der Waals surface area contributed by atoms with Crippen molar-refractivity contribution in [2.75, 3.05) is 6.61 Å². The van der Waals surface area contributed by atoms with Crippen molar-refractivity contribution >= 4 is 5.97 Å². The number of hydrogen-bond donors (Lipinski definition) is 1. The van der Waals surface area contributed by atoms with E-state index in [0.29, 0.717) is 18.3 Å². The van der Waals surface area contributed by atoms with Gasteiger partial charge in [0.25, 0.3) is 0 Å². The third kappa shape index (κ3) is 4.93. The Morgan fingerprint density at radius 3 is 2.68 bits per heavy atom.